The molecule has 1 amide bonds. The fourth-order valence-corrected chi connectivity index (χ4v) is 3.10. The Morgan fingerprint density at radius 2 is 2.16 bits per heavy atom. The van der Waals surface area contributed by atoms with Gasteiger partial charge in [-0.3, -0.25) is 9.59 Å². The monoisotopic (exact) mass is 347 g/mol. The lowest BCUT2D eigenvalue weighted by Gasteiger charge is -2.13. The molecule has 0 saturated heterocycles. The first-order valence-corrected chi connectivity index (χ1v) is 7.89. The van der Waals surface area contributed by atoms with E-state index >= 15 is 0 Å². The predicted molar refractivity (Wildman–Crippen MR) is 79.6 cm³/mol. The van der Waals surface area contributed by atoms with Gasteiger partial charge in [-0.25, -0.2) is 0 Å². The molecule has 0 aliphatic heterocycles. The first-order valence-electron chi connectivity index (χ1n) is 6.28. The van der Waals surface area contributed by atoms with Crippen molar-refractivity contribution in [3.8, 4) is 0 Å². The highest BCUT2D eigenvalue weighted by molar-refractivity contribution is 9.11. The molecule has 4 nitrogen and oxygen atoms in total. The number of nitrogens with one attached hydrogen (secondary N) is 1. The third kappa shape index (κ3) is 6.20. The number of aliphatic carboxylic acids is 1. The van der Waals surface area contributed by atoms with Crippen LogP contribution in [0.1, 0.15) is 42.3 Å². The van der Waals surface area contributed by atoms with E-state index in [0.29, 0.717) is 23.8 Å². The minimum atomic E-state index is -0.758. The zero-order valence-corrected chi connectivity index (χ0v) is 13.2. The van der Waals surface area contributed by atoms with Crippen LogP contribution in [0.15, 0.2) is 15.9 Å². The van der Waals surface area contributed by atoms with Crippen molar-refractivity contribution in [3.05, 3.63) is 20.8 Å². The quantitative estimate of drug-likeness (QED) is 0.755. The number of carbonyl (C=O) groups is 2. The van der Waals surface area contributed by atoms with E-state index in [2.05, 4.69) is 21.2 Å². The van der Waals surface area contributed by atoms with E-state index in [1.807, 2.05) is 13.0 Å². The van der Waals surface area contributed by atoms with Gasteiger partial charge in [0.05, 0.1) is 8.66 Å². The number of halogens is 1. The number of hydrogen-bond acceptors (Lipinski definition) is 3. The van der Waals surface area contributed by atoms with Crippen molar-refractivity contribution in [1.29, 1.82) is 0 Å². The van der Waals surface area contributed by atoms with Crippen LogP contribution in [0.3, 0.4) is 0 Å². The lowest BCUT2D eigenvalue weighted by atomic mass is 9.97. The van der Waals surface area contributed by atoms with Gasteiger partial charge >= 0.3 is 5.97 Å². The van der Waals surface area contributed by atoms with Crippen molar-refractivity contribution in [2.45, 2.75) is 32.6 Å². The Morgan fingerprint density at radius 1 is 1.42 bits per heavy atom. The molecule has 0 fully saturated rings. The molecular weight excluding hydrogens is 330 g/mol. The molecule has 0 aliphatic carbocycles. The molecule has 0 aromatic carbocycles. The second-order valence-electron chi connectivity index (χ2n) is 4.36. The summed E-state index contributed by atoms with van der Waals surface area (Å²) in [7, 11) is 0. The zero-order chi connectivity index (χ0) is 14.3. The molecule has 0 saturated carbocycles. The number of rotatable bonds is 8. The van der Waals surface area contributed by atoms with Crippen molar-refractivity contribution in [2.24, 2.45) is 5.92 Å². The highest BCUT2D eigenvalue weighted by atomic mass is 79.9. The van der Waals surface area contributed by atoms with Crippen molar-refractivity contribution in [3.63, 3.8) is 0 Å². The van der Waals surface area contributed by atoms with E-state index in [1.54, 1.807) is 6.07 Å². The first-order chi connectivity index (χ1) is 9.02. The molecule has 1 heterocycles. The number of amides is 1. The summed E-state index contributed by atoms with van der Waals surface area (Å²) in [4.78, 5) is 23.0. The van der Waals surface area contributed by atoms with Gasteiger partial charge in [0.25, 0.3) is 5.91 Å². The summed E-state index contributed by atoms with van der Waals surface area (Å²) in [5.41, 5.74) is 0. The Balaban J connectivity index is 2.28. The Kier molecular flexibility index (Phi) is 7.09. The van der Waals surface area contributed by atoms with Crippen molar-refractivity contribution < 1.29 is 14.7 Å². The molecule has 1 aromatic heterocycles. The van der Waals surface area contributed by atoms with Crippen LogP contribution in [-0.4, -0.2) is 23.5 Å². The van der Waals surface area contributed by atoms with Gasteiger partial charge in [-0.05, 0) is 46.8 Å². The molecule has 1 aromatic rings. The van der Waals surface area contributed by atoms with Crippen LogP contribution in [0, 0.1) is 5.92 Å². The number of hydrogen-bond donors (Lipinski definition) is 2. The zero-order valence-electron chi connectivity index (χ0n) is 10.8. The van der Waals surface area contributed by atoms with Gasteiger partial charge in [0.15, 0.2) is 0 Å². The average Bonchev–Trinajstić information content (AvgIpc) is 2.79. The lowest BCUT2D eigenvalue weighted by molar-refractivity contribution is -0.137. The Bertz CT molecular complexity index is 433. The Hall–Kier alpha value is -0.880. The van der Waals surface area contributed by atoms with Crippen LogP contribution in [0.5, 0.6) is 0 Å². The molecule has 2 N–H and O–H groups in total. The number of thiophene rings is 1. The summed E-state index contributed by atoms with van der Waals surface area (Å²) in [5, 5.41) is 11.5. The molecule has 0 radical (unpaired) electrons. The third-order valence-corrected chi connectivity index (χ3v) is 4.60. The van der Waals surface area contributed by atoms with Crippen LogP contribution < -0.4 is 5.32 Å². The van der Waals surface area contributed by atoms with Crippen LogP contribution >= 0.6 is 27.3 Å². The maximum absolute atomic E-state index is 11.8. The Morgan fingerprint density at radius 3 is 2.68 bits per heavy atom. The SMILES string of the molecule is CCC(CCNC(=O)c1ccc(Br)s1)CCC(=O)O. The molecule has 0 spiro atoms. The van der Waals surface area contributed by atoms with Gasteiger partial charge in [-0.1, -0.05) is 13.3 Å². The lowest BCUT2D eigenvalue weighted by Crippen LogP contribution is -2.25. The summed E-state index contributed by atoms with van der Waals surface area (Å²) in [6.45, 7) is 2.64. The van der Waals surface area contributed by atoms with Gasteiger partial charge < -0.3 is 10.4 Å². The summed E-state index contributed by atoms with van der Waals surface area (Å²) in [6.07, 6.45) is 2.63. The summed E-state index contributed by atoms with van der Waals surface area (Å²) < 4.78 is 0.936. The highest BCUT2D eigenvalue weighted by Gasteiger charge is 2.11. The maximum atomic E-state index is 11.8. The van der Waals surface area contributed by atoms with Crippen LogP contribution in [0.2, 0.25) is 0 Å². The molecule has 106 valence electrons. The van der Waals surface area contributed by atoms with E-state index in [0.717, 1.165) is 16.6 Å². The summed E-state index contributed by atoms with van der Waals surface area (Å²) >= 11 is 4.72. The van der Waals surface area contributed by atoms with Gasteiger partial charge in [0.2, 0.25) is 0 Å². The second-order valence-corrected chi connectivity index (χ2v) is 6.82. The smallest absolute Gasteiger partial charge is 0.303 e. The van der Waals surface area contributed by atoms with Crippen LogP contribution in [-0.2, 0) is 4.79 Å². The fourth-order valence-electron chi connectivity index (χ4n) is 1.79. The summed E-state index contributed by atoms with van der Waals surface area (Å²) in [5.74, 6) is -0.471. The van der Waals surface area contributed by atoms with Crippen molar-refractivity contribution >= 4 is 39.1 Å². The second kappa shape index (κ2) is 8.32. The average molecular weight is 348 g/mol. The van der Waals surface area contributed by atoms with Crippen LogP contribution in [0.4, 0.5) is 0 Å². The molecule has 0 aliphatic rings. The normalized spacial score (nSPS) is 12.1. The summed E-state index contributed by atoms with van der Waals surface area (Å²) in [6, 6.07) is 3.63. The van der Waals surface area contributed by atoms with Crippen molar-refractivity contribution in [1.82, 2.24) is 5.32 Å². The fraction of sp³-hybridized carbons (Fsp3) is 0.538. The van der Waals surface area contributed by atoms with E-state index < -0.39 is 5.97 Å². The van der Waals surface area contributed by atoms with E-state index in [4.69, 9.17) is 5.11 Å². The van der Waals surface area contributed by atoms with E-state index in [-0.39, 0.29) is 12.3 Å². The van der Waals surface area contributed by atoms with E-state index in [1.165, 1.54) is 11.3 Å². The minimum Gasteiger partial charge on any atom is -0.481 e. The minimum absolute atomic E-state index is 0.0659. The van der Waals surface area contributed by atoms with Gasteiger partial charge in [0.1, 0.15) is 0 Å². The number of carboxylic acids is 1. The molecule has 1 atom stereocenters. The van der Waals surface area contributed by atoms with Crippen LogP contribution in [0.25, 0.3) is 0 Å². The van der Waals surface area contributed by atoms with Gasteiger partial charge in [0, 0.05) is 13.0 Å². The molecule has 0 bridgehead atoms. The largest absolute Gasteiger partial charge is 0.481 e. The standard InChI is InChI=1S/C13H18BrNO3S/c1-2-9(3-6-12(16)17)7-8-15-13(18)10-4-5-11(14)19-10/h4-5,9H,2-3,6-8H2,1H3,(H,15,18)(H,16,17). The molecule has 1 unspecified atom stereocenters. The number of carbonyl (C=O) groups excluding carboxylic acids is 1. The van der Waals surface area contributed by atoms with E-state index in [9.17, 15) is 9.59 Å². The maximum Gasteiger partial charge on any atom is 0.303 e. The molecule has 19 heavy (non-hydrogen) atoms. The topological polar surface area (TPSA) is 66.4 Å². The molecule has 1 rings (SSSR count). The predicted octanol–water partition coefficient (Wildman–Crippen LogP) is 3.52. The van der Waals surface area contributed by atoms with Crippen molar-refractivity contribution in [2.75, 3.05) is 6.54 Å². The number of carboxylic acid groups (broad SMARTS) is 1. The highest BCUT2D eigenvalue weighted by Crippen LogP contribution is 2.22. The third-order valence-electron chi connectivity index (χ3n) is 2.98. The first kappa shape index (κ1) is 16.2. The Labute approximate surface area is 125 Å². The molecule has 6 heteroatoms. The molecular formula is C13H18BrNO3S. The van der Waals surface area contributed by atoms with Gasteiger partial charge in [-0.15, -0.1) is 11.3 Å². The van der Waals surface area contributed by atoms with Gasteiger partial charge in [-0.2, -0.15) is 0 Å².